The Morgan fingerprint density at radius 2 is 1.89 bits per heavy atom. The number of aliphatic hydroxyl groups excluding tert-OH is 2. The van der Waals surface area contributed by atoms with Crippen molar-refractivity contribution in [2.75, 3.05) is 33.4 Å². The van der Waals surface area contributed by atoms with Crippen LogP contribution in [0.1, 0.15) is 15.9 Å². The molecule has 0 saturated heterocycles. The van der Waals surface area contributed by atoms with Gasteiger partial charge in [0.25, 0.3) is 5.91 Å². The van der Waals surface area contributed by atoms with Crippen LogP contribution in [0, 0.1) is 6.92 Å². The fraction of sp³-hybridized carbons (Fsp3) is 0.462. The molecule has 0 aliphatic rings. The fourth-order valence-corrected chi connectivity index (χ4v) is 1.72. The number of aryl methyl sites for hydroxylation is 1. The highest BCUT2D eigenvalue weighted by Crippen LogP contribution is 2.21. The zero-order valence-electron chi connectivity index (χ0n) is 10.7. The lowest BCUT2D eigenvalue weighted by atomic mass is 10.1. The van der Waals surface area contributed by atoms with E-state index in [2.05, 4.69) is 0 Å². The van der Waals surface area contributed by atoms with Gasteiger partial charge in [-0.25, -0.2) is 0 Å². The van der Waals surface area contributed by atoms with Crippen LogP contribution < -0.4 is 4.74 Å². The van der Waals surface area contributed by atoms with E-state index < -0.39 is 0 Å². The van der Waals surface area contributed by atoms with Crippen LogP contribution in [0.4, 0.5) is 0 Å². The number of ether oxygens (including phenoxy) is 1. The van der Waals surface area contributed by atoms with Crippen molar-refractivity contribution in [3.8, 4) is 5.75 Å². The van der Waals surface area contributed by atoms with E-state index in [1.165, 1.54) is 12.0 Å². The van der Waals surface area contributed by atoms with Crippen LogP contribution >= 0.6 is 0 Å². The van der Waals surface area contributed by atoms with Crippen molar-refractivity contribution >= 4 is 5.91 Å². The van der Waals surface area contributed by atoms with E-state index in [4.69, 9.17) is 14.9 Å². The molecule has 100 valence electrons. The Bertz CT molecular complexity index is 400. The van der Waals surface area contributed by atoms with E-state index in [1.807, 2.05) is 13.0 Å². The number of nitrogens with zero attached hydrogens (tertiary/aromatic N) is 1. The van der Waals surface area contributed by atoms with Crippen LogP contribution in [0.15, 0.2) is 18.2 Å². The monoisotopic (exact) mass is 253 g/mol. The standard InChI is InChI=1S/C13H19NO4/c1-10-3-4-12(18-2)11(9-10)13(17)14(5-7-15)6-8-16/h3-4,9,15-16H,5-8H2,1-2H3. The molecule has 1 rings (SSSR count). The Balaban J connectivity index is 3.02. The molecule has 0 aliphatic heterocycles. The number of methoxy groups -OCH3 is 1. The molecule has 0 atom stereocenters. The van der Waals surface area contributed by atoms with Crippen molar-refractivity contribution in [2.45, 2.75) is 6.92 Å². The molecule has 0 bridgehead atoms. The number of hydrogen-bond donors (Lipinski definition) is 2. The molecule has 1 aromatic rings. The summed E-state index contributed by atoms with van der Waals surface area (Å²) < 4.78 is 5.16. The topological polar surface area (TPSA) is 70.0 Å². The average Bonchev–Trinajstić information content (AvgIpc) is 2.37. The van der Waals surface area contributed by atoms with Gasteiger partial charge in [-0.15, -0.1) is 0 Å². The Morgan fingerprint density at radius 1 is 1.28 bits per heavy atom. The lowest BCUT2D eigenvalue weighted by molar-refractivity contribution is 0.0681. The van der Waals surface area contributed by atoms with Crippen molar-refractivity contribution < 1.29 is 19.7 Å². The van der Waals surface area contributed by atoms with E-state index in [0.29, 0.717) is 11.3 Å². The van der Waals surface area contributed by atoms with Gasteiger partial charge in [0.15, 0.2) is 0 Å². The van der Waals surface area contributed by atoms with Gasteiger partial charge in [0.05, 0.1) is 25.9 Å². The van der Waals surface area contributed by atoms with Crippen LogP contribution in [0.2, 0.25) is 0 Å². The average molecular weight is 253 g/mol. The van der Waals surface area contributed by atoms with Crippen LogP contribution in [0.25, 0.3) is 0 Å². The van der Waals surface area contributed by atoms with Gasteiger partial charge in [-0.3, -0.25) is 4.79 Å². The largest absolute Gasteiger partial charge is 0.496 e. The maximum atomic E-state index is 12.3. The minimum Gasteiger partial charge on any atom is -0.496 e. The Kier molecular flexibility index (Phi) is 5.61. The molecule has 0 saturated carbocycles. The summed E-state index contributed by atoms with van der Waals surface area (Å²) in [5, 5.41) is 17.9. The maximum absolute atomic E-state index is 12.3. The Hall–Kier alpha value is -1.59. The van der Waals surface area contributed by atoms with E-state index >= 15 is 0 Å². The Morgan fingerprint density at radius 3 is 2.39 bits per heavy atom. The molecule has 0 aliphatic carbocycles. The van der Waals surface area contributed by atoms with Gasteiger partial charge in [-0.05, 0) is 19.1 Å². The van der Waals surface area contributed by atoms with E-state index in [0.717, 1.165) is 5.56 Å². The quantitative estimate of drug-likeness (QED) is 0.771. The van der Waals surface area contributed by atoms with E-state index in [-0.39, 0.29) is 32.2 Å². The third-order valence-electron chi connectivity index (χ3n) is 2.61. The molecule has 1 amide bonds. The van der Waals surface area contributed by atoms with Crippen molar-refractivity contribution in [2.24, 2.45) is 0 Å². The van der Waals surface area contributed by atoms with Crippen molar-refractivity contribution in [3.63, 3.8) is 0 Å². The minimum atomic E-state index is -0.251. The SMILES string of the molecule is COc1ccc(C)cc1C(=O)N(CCO)CCO. The van der Waals surface area contributed by atoms with Crippen molar-refractivity contribution in [1.29, 1.82) is 0 Å². The molecule has 5 heteroatoms. The molecular weight excluding hydrogens is 234 g/mol. The zero-order chi connectivity index (χ0) is 13.5. The number of carbonyl (C=O) groups excluding carboxylic acids is 1. The summed E-state index contributed by atoms with van der Waals surface area (Å²) in [7, 11) is 1.50. The first-order valence-corrected chi connectivity index (χ1v) is 5.79. The number of benzene rings is 1. The van der Waals surface area contributed by atoms with E-state index in [1.54, 1.807) is 12.1 Å². The second-order valence-corrected chi connectivity index (χ2v) is 3.94. The first-order valence-electron chi connectivity index (χ1n) is 5.79. The predicted molar refractivity (Wildman–Crippen MR) is 67.8 cm³/mol. The van der Waals surface area contributed by atoms with Gasteiger partial charge in [-0.2, -0.15) is 0 Å². The van der Waals surface area contributed by atoms with Gasteiger partial charge in [-0.1, -0.05) is 11.6 Å². The molecule has 0 fully saturated rings. The molecule has 0 aromatic heterocycles. The number of rotatable bonds is 6. The fourth-order valence-electron chi connectivity index (χ4n) is 1.72. The number of aliphatic hydroxyl groups is 2. The third kappa shape index (κ3) is 3.45. The van der Waals surface area contributed by atoms with Crippen LogP contribution in [0.5, 0.6) is 5.75 Å². The second-order valence-electron chi connectivity index (χ2n) is 3.94. The number of carbonyl (C=O) groups is 1. The highest BCUT2D eigenvalue weighted by molar-refractivity contribution is 5.97. The summed E-state index contributed by atoms with van der Waals surface area (Å²) in [6.07, 6.45) is 0. The van der Waals surface area contributed by atoms with Gasteiger partial charge in [0, 0.05) is 13.1 Å². The molecule has 5 nitrogen and oxygen atoms in total. The van der Waals surface area contributed by atoms with Crippen molar-refractivity contribution in [1.82, 2.24) is 4.90 Å². The van der Waals surface area contributed by atoms with Crippen molar-refractivity contribution in [3.05, 3.63) is 29.3 Å². The number of hydrogen-bond acceptors (Lipinski definition) is 4. The summed E-state index contributed by atoms with van der Waals surface area (Å²) in [4.78, 5) is 13.7. The summed E-state index contributed by atoms with van der Waals surface area (Å²) in [5.74, 6) is 0.241. The molecule has 0 heterocycles. The lowest BCUT2D eigenvalue weighted by Gasteiger charge is -2.22. The van der Waals surface area contributed by atoms with Crippen LogP contribution in [-0.2, 0) is 0 Å². The highest BCUT2D eigenvalue weighted by atomic mass is 16.5. The van der Waals surface area contributed by atoms with Crippen LogP contribution in [-0.4, -0.2) is 54.4 Å². The first-order chi connectivity index (χ1) is 8.63. The highest BCUT2D eigenvalue weighted by Gasteiger charge is 2.18. The molecule has 2 N–H and O–H groups in total. The Labute approximate surface area is 107 Å². The normalized spacial score (nSPS) is 10.2. The smallest absolute Gasteiger partial charge is 0.257 e. The summed E-state index contributed by atoms with van der Waals surface area (Å²) in [6, 6.07) is 5.33. The maximum Gasteiger partial charge on any atom is 0.257 e. The van der Waals surface area contributed by atoms with Gasteiger partial charge in [0.1, 0.15) is 5.75 Å². The predicted octanol–water partition coefficient (Wildman–Crippen LogP) is 0.430. The molecule has 18 heavy (non-hydrogen) atoms. The van der Waals surface area contributed by atoms with Gasteiger partial charge in [0.2, 0.25) is 0 Å². The van der Waals surface area contributed by atoms with E-state index in [9.17, 15) is 4.79 Å². The third-order valence-corrected chi connectivity index (χ3v) is 2.61. The van der Waals surface area contributed by atoms with Gasteiger partial charge >= 0.3 is 0 Å². The molecule has 0 radical (unpaired) electrons. The molecule has 1 aromatic carbocycles. The molecule has 0 unspecified atom stereocenters. The summed E-state index contributed by atoms with van der Waals surface area (Å²) in [6.45, 7) is 1.99. The molecular formula is C13H19NO4. The summed E-state index contributed by atoms with van der Waals surface area (Å²) >= 11 is 0. The van der Waals surface area contributed by atoms with Crippen LogP contribution in [0.3, 0.4) is 0 Å². The zero-order valence-corrected chi connectivity index (χ0v) is 10.7. The number of amides is 1. The summed E-state index contributed by atoms with van der Waals surface area (Å²) in [5.41, 5.74) is 1.39. The lowest BCUT2D eigenvalue weighted by Crippen LogP contribution is -2.36. The minimum absolute atomic E-state index is 0.139. The van der Waals surface area contributed by atoms with Gasteiger partial charge < -0.3 is 19.8 Å². The second kappa shape index (κ2) is 6.98. The first kappa shape index (κ1) is 14.5. The molecule has 0 spiro atoms.